The van der Waals surface area contributed by atoms with Crippen LogP contribution in [-0.2, 0) is 32.6 Å². The van der Waals surface area contributed by atoms with E-state index >= 15 is 0 Å². The minimum Gasteiger partial charge on any atom is -0.354 e. The minimum atomic E-state index is -3.58. The number of carbonyl (C=O) groups excluding carboxylic acids is 2. The summed E-state index contributed by atoms with van der Waals surface area (Å²) >= 11 is 0. The summed E-state index contributed by atoms with van der Waals surface area (Å²) in [5, 5.41) is 2.92. The van der Waals surface area contributed by atoms with Gasteiger partial charge in [-0.05, 0) is 54.7 Å². The van der Waals surface area contributed by atoms with Crippen LogP contribution in [0.2, 0.25) is 0 Å². The molecule has 0 aliphatic rings. The van der Waals surface area contributed by atoms with Crippen molar-refractivity contribution < 1.29 is 22.4 Å². The molecule has 214 valence electrons. The molecule has 9 heteroatoms. The lowest BCUT2D eigenvalue weighted by atomic mass is 10.0. The Labute approximate surface area is 237 Å². The maximum Gasteiger partial charge on any atom is 0.243 e. The quantitative estimate of drug-likeness (QED) is 0.302. The van der Waals surface area contributed by atoms with Gasteiger partial charge in [0.25, 0.3) is 0 Å². The Balaban J connectivity index is 1.87. The van der Waals surface area contributed by atoms with Gasteiger partial charge in [-0.15, -0.1) is 0 Å². The van der Waals surface area contributed by atoms with Gasteiger partial charge >= 0.3 is 0 Å². The first kappa shape index (κ1) is 30.8. The Kier molecular flexibility index (Phi) is 11.3. The average Bonchev–Trinajstić information content (AvgIpc) is 2.93. The summed E-state index contributed by atoms with van der Waals surface area (Å²) in [5.74, 6) is -0.936. The fourth-order valence-corrected chi connectivity index (χ4v) is 5.56. The van der Waals surface area contributed by atoms with Crippen molar-refractivity contribution in [1.82, 2.24) is 10.2 Å². The number of sulfonamides is 1. The minimum absolute atomic E-state index is 0.0332. The van der Waals surface area contributed by atoms with Crippen molar-refractivity contribution >= 4 is 27.5 Å². The van der Waals surface area contributed by atoms with E-state index in [0.717, 1.165) is 23.8 Å². The van der Waals surface area contributed by atoms with Crippen LogP contribution < -0.4 is 9.62 Å². The zero-order valence-corrected chi connectivity index (χ0v) is 24.2. The second kappa shape index (κ2) is 14.6. The molecule has 0 aliphatic heterocycles. The normalized spacial score (nSPS) is 12.0. The molecule has 7 nitrogen and oxygen atoms in total. The molecule has 40 heavy (non-hydrogen) atoms. The largest absolute Gasteiger partial charge is 0.354 e. The molecule has 0 bridgehead atoms. The number of benzene rings is 3. The van der Waals surface area contributed by atoms with Crippen molar-refractivity contribution in [2.75, 3.05) is 23.7 Å². The van der Waals surface area contributed by atoms with Crippen LogP contribution in [0.4, 0.5) is 10.1 Å². The maximum absolute atomic E-state index is 13.8. The average molecular weight is 568 g/mol. The van der Waals surface area contributed by atoms with Crippen LogP contribution in [0.15, 0.2) is 78.9 Å². The van der Waals surface area contributed by atoms with E-state index in [9.17, 15) is 22.4 Å². The van der Waals surface area contributed by atoms with E-state index in [2.05, 4.69) is 5.32 Å². The van der Waals surface area contributed by atoms with Gasteiger partial charge in [-0.1, -0.05) is 67.6 Å². The van der Waals surface area contributed by atoms with E-state index < -0.39 is 16.1 Å². The predicted molar refractivity (Wildman–Crippen MR) is 157 cm³/mol. The molecule has 0 spiro atoms. The Morgan fingerprint density at radius 1 is 0.925 bits per heavy atom. The molecular weight excluding hydrogens is 529 g/mol. The second-order valence-electron chi connectivity index (χ2n) is 9.87. The smallest absolute Gasteiger partial charge is 0.243 e. The Hall–Kier alpha value is -3.72. The molecule has 1 atom stereocenters. The van der Waals surface area contributed by atoms with E-state index in [-0.39, 0.29) is 43.6 Å². The lowest BCUT2D eigenvalue weighted by molar-refractivity contribution is -0.141. The van der Waals surface area contributed by atoms with Gasteiger partial charge in [-0.3, -0.25) is 13.9 Å². The van der Waals surface area contributed by atoms with Gasteiger partial charge in [0.2, 0.25) is 21.8 Å². The summed E-state index contributed by atoms with van der Waals surface area (Å²) in [6.07, 6.45) is 2.49. The number of aryl methyl sites for hydroxylation is 1. The molecule has 0 fully saturated rings. The van der Waals surface area contributed by atoms with E-state index in [4.69, 9.17) is 0 Å². The number of carbonyl (C=O) groups is 2. The summed E-state index contributed by atoms with van der Waals surface area (Å²) in [5.41, 5.74) is 2.97. The van der Waals surface area contributed by atoms with Crippen LogP contribution >= 0.6 is 0 Å². The Bertz CT molecular complexity index is 1360. The van der Waals surface area contributed by atoms with Crippen LogP contribution in [-0.4, -0.2) is 50.5 Å². The van der Waals surface area contributed by atoms with E-state index in [1.165, 1.54) is 21.3 Å². The molecule has 0 aliphatic carbocycles. The monoisotopic (exact) mass is 567 g/mol. The molecule has 0 aromatic heterocycles. The second-order valence-corrected chi connectivity index (χ2v) is 11.8. The number of amides is 2. The molecule has 1 N–H and O–H groups in total. The Morgan fingerprint density at radius 2 is 1.57 bits per heavy atom. The standard InChI is InChI=1S/C31H38FN3O4S/c1-4-20-33-31(37)29(22-25-12-6-5-7-13-25)34(23-26-16-18-27(32)19-17-26)30(36)15-10-21-35(40(3,38)39)28-14-9-8-11-24(28)2/h5-9,11-14,16-19,29H,4,10,15,20-23H2,1-3H3,(H,33,37). The number of hydrogen-bond donors (Lipinski definition) is 1. The first-order valence-electron chi connectivity index (χ1n) is 13.5. The molecule has 0 radical (unpaired) electrons. The van der Waals surface area contributed by atoms with Crippen molar-refractivity contribution in [1.29, 1.82) is 0 Å². The molecule has 1 unspecified atom stereocenters. The molecule has 2 amide bonds. The zero-order valence-electron chi connectivity index (χ0n) is 23.3. The predicted octanol–water partition coefficient (Wildman–Crippen LogP) is 4.85. The van der Waals surface area contributed by atoms with Crippen molar-refractivity contribution in [3.8, 4) is 0 Å². The number of nitrogens with zero attached hydrogens (tertiary/aromatic N) is 2. The highest BCUT2D eigenvalue weighted by Crippen LogP contribution is 2.23. The van der Waals surface area contributed by atoms with Gasteiger partial charge in [0, 0.05) is 32.5 Å². The van der Waals surface area contributed by atoms with Crippen molar-refractivity contribution in [3.63, 3.8) is 0 Å². The third kappa shape index (κ3) is 8.91. The summed E-state index contributed by atoms with van der Waals surface area (Å²) in [6, 6.07) is 21.7. The third-order valence-corrected chi connectivity index (χ3v) is 7.80. The highest BCUT2D eigenvalue weighted by molar-refractivity contribution is 7.92. The van der Waals surface area contributed by atoms with E-state index in [1.807, 2.05) is 56.3 Å². The summed E-state index contributed by atoms with van der Waals surface area (Å²) in [4.78, 5) is 28.7. The highest BCUT2D eigenvalue weighted by Gasteiger charge is 2.30. The van der Waals surface area contributed by atoms with Gasteiger partial charge in [0.05, 0.1) is 11.9 Å². The SMILES string of the molecule is CCCNC(=O)C(Cc1ccccc1)N(Cc1ccc(F)cc1)C(=O)CCCN(c1ccccc1C)S(C)(=O)=O. The lowest BCUT2D eigenvalue weighted by Crippen LogP contribution is -2.50. The molecular formula is C31H38FN3O4S. The molecule has 0 heterocycles. The van der Waals surface area contributed by atoms with Crippen LogP contribution in [0.1, 0.15) is 42.9 Å². The number of rotatable bonds is 14. The number of anilines is 1. The van der Waals surface area contributed by atoms with Gasteiger partial charge in [-0.2, -0.15) is 0 Å². The van der Waals surface area contributed by atoms with Gasteiger partial charge in [0.1, 0.15) is 11.9 Å². The van der Waals surface area contributed by atoms with Crippen LogP contribution in [0.3, 0.4) is 0 Å². The van der Waals surface area contributed by atoms with Crippen LogP contribution in [0, 0.1) is 12.7 Å². The number of para-hydroxylation sites is 1. The fourth-order valence-electron chi connectivity index (χ4n) is 4.53. The van der Waals surface area contributed by atoms with Gasteiger partial charge in [0.15, 0.2) is 0 Å². The highest BCUT2D eigenvalue weighted by atomic mass is 32.2. The number of nitrogens with one attached hydrogen (secondary N) is 1. The van der Waals surface area contributed by atoms with E-state index in [0.29, 0.717) is 24.2 Å². The topological polar surface area (TPSA) is 86.8 Å². The van der Waals surface area contributed by atoms with Crippen molar-refractivity contribution in [3.05, 3.63) is 101 Å². The van der Waals surface area contributed by atoms with E-state index in [1.54, 1.807) is 24.3 Å². The molecule has 3 aromatic carbocycles. The third-order valence-electron chi connectivity index (χ3n) is 6.62. The molecule has 3 rings (SSSR count). The molecule has 0 saturated carbocycles. The van der Waals surface area contributed by atoms with Crippen LogP contribution in [0.5, 0.6) is 0 Å². The first-order valence-corrected chi connectivity index (χ1v) is 15.3. The summed E-state index contributed by atoms with van der Waals surface area (Å²) in [6.45, 7) is 4.50. The molecule has 0 saturated heterocycles. The number of hydrogen-bond acceptors (Lipinski definition) is 4. The van der Waals surface area contributed by atoms with Crippen molar-refractivity contribution in [2.45, 2.75) is 52.1 Å². The van der Waals surface area contributed by atoms with Crippen molar-refractivity contribution in [2.24, 2.45) is 0 Å². The Morgan fingerprint density at radius 3 is 2.20 bits per heavy atom. The zero-order chi connectivity index (χ0) is 29.1. The van der Waals surface area contributed by atoms with Gasteiger partial charge < -0.3 is 10.2 Å². The fraction of sp³-hybridized carbons (Fsp3) is 0.355. The lowest BCUT2D eigenvalue weighted by Gasteiger charge is -2.32. The summed E-state index contributed by atoms with van der Waals surface area (Å²) in [7, 11) is -3.58. The van der Waals surface area contributed by atoms with Crippen LogP contribution in [0.25, 0.3) is 0 Å². The first-order chi connectivity index (χ1) is 19.1. The summed E-state index contributed by atoms with van der Waals surface area (Å²) < 4.78 is 40.1. The van der Waals surface area contributed by atoms with Gasteiger partial charge in [-0.25, -0.2) is 12.8 Å². The maximum atomic E-state index is 13.8. The molecule has 3 aromatic rings. The number of halogens is 1.